The van der Waals surface area contributed by atoms with Crippen LogP contribution in [0.3, 0.4) is 0 Å². The van der Waals surface area contributed by atoms with Crippen LogP contribution in [-0.2, 0) is 6.42 Å². The fraction of sp³-hybridized carbons (Fsp3) is 0.174. The molecule has 0 saturated carbocycles. The molecule has 3 aromatic heterocycles. The molecule has 0 aliphatic carbocycles. The molecule has 5 rings (SSSR count). The first-order valence-corrected chi connectivity index (χ1v) is 9.82. The molecule has 0 bridgehead atoms. The Hall–Kier alpha value is -3.51. The quantitative estimate of drug-likeness (QED) is 0.420. The lowest BCUT2D eigenvalue weighted by atomic mass is 9.96. The minimum Gasteiger partial charge on any atom is -0.337 e. The van der Waals surface area contributed by atoms with Crippen LogP contribution in [0.15, 0.2) is 54.9 Å². The van der Waals surface area contributed by atoms with Gasteiger partial charge in [-0.1, -0.05) is 18.2 Å². The molecular formula is C23H22N6. The standard InChI is InChI=1S/C23H22N6/c1-14-16(5-4-10-24)12-25-13-18(14)15-8-9-19-17(11-15)22(29-28-19)23-26-20-6-2-3-7-21(20)27-23/h2-3,6-9,11-13H,4-5,10,24H2,1H3,(H,26,27)(H,28,29). The molecular weight excluding hydrogens is 360 g/mol. The van der Waals surface area contributed by atoms with Gasteiger partial charge in [0.05, 0.1) is 16.6 Å². The molecule has 144 valence electrons. The smallest absolute Gasteiger partial charge is 0.159 e. The number of hydrogen-bond donors (Lipinski definition) is 3. The van der Waals surface area contributed by atoms with Crippen LogP contribution in [0, 0.1) is 6.92 Å². The predicted octanol–water partition coefficient (Wildman–Crippen LogP) is 4.37. The van der Waals surface area contributed by atoms with Gasteiger partial charge in [-0.25, -0.2) is 4.98 Å². The van der Waals surface area contributed by atoms with Crippen molar-refractivity contribution in [2.75, 3.05) is 6.54 Å². The van der Waals surface area contributed by atoms with E-state index in [1.165, 1.54) is 11.1 Å². The number of aromatic nitrogens is 5. The molecule has 0 atom stereocenters. The van der Waals surface area contributed by atoms with Gasteiger partial charge >= 0.3 is 0 Å². The van der Waals surface area contributed by atoms with Gasteiger partial charge in [-0.15, -0.1) is 0 Å². The van der Waals surface area contributed by atoms with E-state index in [9.17, 15) is 0 Å². The van der Waals surface area contributed by atoms with Gasteiger partial charge < -0.3 is 10.7 Å². The average Bonchev–Trinajstić information content (AvgIpc) is 3.36. The first-order valence-electron chi connectivity index (χ1n) is 9.82. The zero-order valence-electron chi connectivity index (χ0n) is 16.2. The summed E-state index contributed by atoms with van der Waals surface area (Å²) < 4.78 is 0. The van der Waals surface area contributed by atoms with Crippen molar-refractivity contribution in [1.29, 1.82) is 0 Å². The molecule has 0 unspecified atom stereocenters. The maximum Gasteiger partial charge on any atom is 0.159 e. The van der Waals surface area contributed by atoms with Gasteiger partial charge in [0.25, 0.3) is 0 Å². The van der Waals surface area contributed by atoms with E-state index in [2.05, 4.69) is 45.3 Å². The van der Waals surface area contributed by atoms with Crippen molar-refractivity contribution in [2.45, 2.75) is 19.8 Å². The number of aromatic amines is 2. The number of benzene rings is 2. The van der Waals surface area contributed by atoms with Crippen LogP contribution in [0.25, 0.3) is 44.6 Å². The summed E-state index contributed by atoms with van der Waals surface area (Å²) in [4.78, 5) is 12.6. The van der Waals surface area contributed by atoms with Crippen molar-refractivity contribution in [2.24, 2.45) is 5.73 Å². The molecule has 29 heavy (non-hydrogen) atoms. The summed E-state index contributed by atoms with van der Waals surface area (Å²) in [7, 11) is 0. The van der Waals surface area contributed by atoms with Gasteiger partial charge in [-0.2, -0.15) is 5.10 Å². The molecule has 0 spiro atoms. The third kappa shape index (κ3) is 3.07. The number of nitrogens with two attached hydrogens (primary N) is 1. The Morgan fingerprint density at radius 2 is 1.93 bits per heavy atom. The maximum absolute atomic E-state index is 5.69. The Morgan fingerprint density at radius 3 is 2.79 bits per heavy atom. The molecule has 0 aliphatic heterocycles. The fourth-order valence-electron chi connectivity index (χ4n) is 3.83. The lowest BCUT2D eigenvalue weighted by molar-refractivity contribution is 0.824. The van der Waals surface area contributed by atoms with Crippen LogP contribution >= 0.6 is 0 Å². The molecule has 6 heteroatoms. The highest BCUT2D eigenvalue weighted by atomic mass is 15.1. The van der Waals surface area contributed by atoms with Gasteiger partial charge in [0, 0.05) is 23.3 Å². The van der Waals surface area contributed by atoms with Gasteiger partial charge in [-0.05, 0) is 67.3 Å². The number of fused-ring (bicyclic) bond motifs is 2. The Balaban J connectivity index is 1.62. The third-order valence-corrected chi connectivity index (χ3v) is 5.46. The summed E-state index contributed by atoms with van der Waals surface area (Å²) in [6.07, 6.45) is 5.79. The zero-order valence-corrected chi connectivity index (χ0v) is 16.2. The number of para-hydroxylation sites is 2. The van der Waals surface area contributed by atoms with Gasteiger partial charge in [0.15, 0.2) is 5.82 Å². The minimum atomic E-state index is 0.686. The van der Waals surface area contributed by atoms with Crippen LogP contribution in [0.2, 0.25) is 0 Å². The number of H-pyrrole nitrogens is 2. The Morgan fingerprint density at radius 1 is 1.03 bits per heavy atom. The van der Waals surface area contributed by atoms with Gasteiger partial charge in [0.1, 0.15) is 5.69 Å². The second kappa shape index (κ2) is 7.14. The largest absolute Gasteiger partial charge is 0.337 e. The summed E-state index contributed by atoms with van der Waals surface area (Å²) in [5.74, 6) is 0.765. The molecule has 0 aliphatic rings. The molecule has 3 heterocycles. The molecule has 0 fully saturated rings. The van der Waals surface area contributed by atoms with Crippen LogP contribution in [-0.4, -0.2) is 31.7 Å². The number of aryl methyl sites for hydroxylation is 1. The number of nitrogens with one attached hydrogen (secondary N) is 2. The molecule has 5 aromatic rings. The second-order valence-corrected chi connectivity index (χ2v) is 7.30. The molecule has 0 saturated heterocycles. The number of hydrogen-bond acceptors (Lipinski definition) is 4. The molecule has 2 aromatic carbocycles. The van der Waals surface area contributed by atoms with E-state index in [1.807, 2.05) is 36.7 Å². The highest BCUT2D eigenvalue weighted by Gasteiger charge is 2.14. The first-order chi connectivity index (χ1) is 14.2. The number of pyridine rings is 1. The number of imidazole rings is 1. The minimum absolute atomic E-state index is 0.686. The molecule has 0 radical (unpaired) electrons. The topological polar surface area (TPSA) is 96.3 Å². The predicted molar refractivity (Wildman–Crippen MR) is 117 cm³/mol. The van der Waals surface area contributed by atoms with E-state index < -0.39 is 0 Å². The van der Waals surface area contributed by atoms with Crippen LogP contribution < -0.4 is 5.73 Å². The van der Waals surface area contributed by atoms with Crippen LogP contribution in [0.5, 0.6) is 0 Å². The normalized spacial score (nSPS) is 11.5. The zero-order chi connectivity index (χ0) is 19.8. The summed E-state index contributed by atoms with van der Waals surface area (Å²) in [6.45, 7) is 2.84. The van der Waals surface area contributed by atoms with E-state index in [4.69, 9.17) is 10.7 Å². The lowest BCUT2D eigenvalue weighted by Crippen LogP contribution is -2.02. The second-order valence-electron chi connectivity index (χ2n) is 7.30. The highest BCUT2D eigenvalue weighted by molar-refractivity contribution is 5.95. The number of nitrogens with zero attached hydrogens (tertiary/aromatic N) is 3. The van der Waals surface area contributed by atoms with E-state index in [-0.39, 0.29) is 0 Å². The molecule has 0 amide bonds. The summed E-state index contributed by atoms with van der Waals surface area (Å²) in [5, 5.41) is 8.69. The summed E-state index contributed by atoms with van der Waals surface area (Å²) in [5.41, 5.74) is 14.2. The molecule has 4 N–H and O–H groups in total. The summed E-state index contributed by atoms with van der Waals surface area (Å²) >= 11 is 0. The monoisotopic (exact) mass is 382 g/mol. The Kier molecular flexibility index (Phi) is 4.33. The lowest BCUT2D eigenvalue weighted by Gasteiger charge is -2.11. The van der Waals surface area contributed by atoms with E-state index in [0.717, 1.165) is 57.4 Å². The first kappa shape index (κ1) is 17.6. The Bertz CT molecular complexity index is 1280. The SMILES string of the molecule is Cc1c(CCCN)cncc1-c1ccc2[nH]nc(-c3nc4ccccc4[nH]3)c2c1. The van der Waals surface area contributed by atoms with Crippen LogP contribution in [0.1, 0.15) is 17.5 Å². The maximum atomic E-state index is 5.69. The van der Waals surface area contributed by atoms with Crippen molar-refractivity contribution >= 4 is 21.9 Å². The van der Waals surface area contributed by atoms with Gasteiger partial charge in [-0.3, -0.25) is 10.1 Å². The summed E-state index contributed by atoms with van der Waals surface area (Å²) in [6, 6.07) is 14.3. The van der Waals surface area contributed by atoms with Crippen molar-refractivity contribution in [1.82, 2.24) is 25.1 Å². The fourth-order valence-corrected chi connectivity index (χ4v) is 3.83. The highest BCUT2D eigenvalue weighted by Crippen LogP contribution is 2.32. The van der Waals surface area contributed by atoms with E-state index >= 15 is 0 Å². The van der Waals surface area contributed by atoms with Crippen molar-refractivity contribution in [3.8, 4) is 22.6 Å². The van der Waals surface area contributed by atoms with E-state index in [1.54, 1.807) is 0 Å². The van der Waals surface area contributed by atoms with Crippen molar-refractivity contribution < 1.29 is 0 Å². The van der Waals surface area contributed by atoms with Crippen LogP contribution in [0.4, 0.5) is 0 Å². The van der Waals surface area contributed by atoms with Crippen molar-refractivity contribution in [3.63, 3.8) is 0 Å². The Labute approximate surface area is 168 Å². The van der Waals surface area contributed by atoms with Gasteiger partial charge in [0.2, 0.25) is 0 Å². The van der Waals surface area contributed by atoms with E-state index in [0.29, 0.717) is 6.54 Å². The van der Waals surface area contributed by atoms with Crippen molar-refractivity contribution in [3.05, 3.63) is 66.0 Å². The third-order valence-electron chi connectivity index (χ3n) is 5.46. The molecule has 6 nitrogen and oxygen atoms in total. The number of rotatable bonds is 5. The average molecular weight is 382 g/mol.